The van der Waals surface area contributed by atoms with Gasteiger partial charge in [-0.25, -0.2) is 4.99 Å². The van der Waals surface area contributed by atoms with Crippen molar-refractivity contribution >= 4 is 29.9 Å². The first kappa shape index (κ1) is 29.0. The highest BCUT2D eigenvalue weighted by Gasteiger charge is 2.09. The molecule has 1 unspecified atom stereocenters. The molecule has 0 aliphatic heterocycles. The third-order valence-corrected chi connectivity index (χ3v) is 4.64. The predicted molar refractivity (Wildman–Crippen MR) is 144 cm³/mol. The number of methoxy groups -OCH3 is 1. The van der Waals surface area contributed by atoms with Gasteiger partial charge >= 0.3 is 0 Å². The molecule has 0 radical (unpaired) electrons. The van der Waals surface area contributed by atoms with E-state index in [4.69, 9.17) is 14.2 Å². The molecule has 0 aliphatic rings. The van der Waals surface area contributed by atoms with Gasteiger partial charge in [0.05, 0.1) is 25.9 Å². The van der Waals surface area contributed by atoms with E-state index in [0.717, 1.165) is 35.6 Å². The summed E-state index contributed by atoms with van der Waals surface area (Å²) in [6, 6.07) is 15.3. The maximum atomic E-state index is 10.6. The molecule has 1 atom stereocenters. The largest absolute Gasteiger partial charge is 0.497 e. The van der Waals surface area contributed by atoms with Crippen molar-refractivity contribution < 1.29 is 19.3 Å². The molecule has 2 rings (SSSR count). The molecule has 2 aromatic rings. The van der Waals surface area contributed by atoms with E-state index in [1.165, 1.54) is 0 Å². The van der Waals surface area contributed by atoms with Crippen LogP contribution in [0.15, 0.2) is 53.5 Å². The zero-order valence-electron chi connectivity index (χ0n) is 20.0. The van der Waals surface area contributed by atoms with E-state index in [2.05, 4.69) is 15.6 Å². The maximum Gasteiger partial charge on any atom is 0.191 e. The highest BCUT2D eigenvalue weighted by molar-refractivity contribution is 14.0. The second-order valence-electron chi connectivity index (χ2n) is 7.62. The average molecular weight is 572 g/mol. The lowest BCUT2D eigenvalue weighted by molar-refractivity contribution is 0.145. The number of nitrogens with one attached hydrogen (secondary N) is 2. The van der Waals surface area contributed by atoms with Gasteiger partial charge in [0, 0.05) is 26.3 Å². The number of guanidine groups is 1. The zero-order chi connectivity index (χ0) is 23.2. The first-order chi connectivity index (χ1) is 15.5. The van der Waals surface area contributed by atoms with Gasteiger partial charge in [-0.3, -0.25) is 0 Å². The summed E-state index contributed by atoms with van der Waals surface area (Å²) in [5.74, 6) is 2.26. The molecule has 184 valence electrons. The third-order valence-electron chi connectivity index (χ3n) is 4.64. The molecular weight excluding hydrogens is 533 g/mol. The number of aliphatic hydroxyl groups is 1. The summed E-state index contributed by atoms with van der Waals surface area (Å²) >= 11 is 0. The van der Waals surface area contributed by atoms with Crippen LogP contribution in [0.4, 0.5) is 0 Å². The fraction of sp³-hybridized carbons (Fsp3) is 0.480. The van der Waals surface area contributed by atoms with Gasteiger partial charge in [-0.2, -0.15) is 0 Å². The highest BCUT2D eigenvalue weighted by Crippen LogP contribution is 2.18. The zero-order valence-corrected chi connectivity index (χ0v) is 22.4. The van der Waals surface area contributed by atoms with E-state index in [1.54, 1.807) is 7.11 Å². The van der Waals surface area contributed by atoms with Gasteiger partial charge in [-0.05, 0) is 62.6 Å². The number of rotatable bonds is 13. The van der Waals surface area contributed by atoms with Crippen molar-refractivity contribution in [2.24, 2.45) is 4.99 Å². The molecule has 0 bridgehead atoms. The minimum absolute atomic E-state index is 0. The smallest absolute Gasteiger partial charge is 0.191 e. The number of hydrogen-bond acceptors (Lipinski definition) is 5. The van der Waals surface area contributed by atoms with E-state index in [1.807, 2.05) is 69.3 Å². The summed E-state index contributed by atoms with van der Waals surface area (Å²) in [4.78, 5) is 4.66. The Morgan fingerprint density at radius 1 is 1.00 bits per heavy atom. The fourth-order valence-corrected chi connectivity index (χ4v) is 2.95. The van der Waals surface area contributed by atoms with Crippen molar-refractivity contribution in [2.75, 3.05) is 33.4 Å². The number of halogens is 1. The van der Waals surface area contributed by atoms with Crippen molar-refractivity contribution in [2.45, 2.75) is 45.9 Å². The van der Waals surface area contributed by atoms with Crippen LogP contribution in [0.2, 0.25) is 0 Å². The van der Waals surface area contributed by atoms with Crippen LogP contribution in [-0.4, -0.2) is 50.6 Å². The Kier molecular flexibility index (Phi) is 14.5. The molecule has 0 aliphatic carbocycles. The van der Waals surface area contributed by atoms with Crippen molar-refractivity contribution in [3.63, 3.8) is 0 Å². The summed E-state index contributed by atoms with van der Waals surface area (Å²) in [5.41, 5.74) is 1.89. The third kappa shape index (κ3) is 11.6. The monoisotopic (exact) mass is 571 g/mol. The van der Waals surface area contributed by atoms with E-state index >= 15 is 0 Å². The summed E-state index contributed by atoms with van der Waals surface area (Å²) in [6.45, 7) is 8.95. The van der Waals surface area contributed by atoms with Crippen LogP contribution in [0.5, 0.6) is 11.5 Å². The Balaban J connectivity index is 0.00000544. The van der Waals surface area contributed by atoms with Crippen molar-refractivity contribution in [3.05, 3.63) is 59.7 Å². The van der Waals surface area contributed by atoms with Crippen molar-refractivity contribution in [1.29, 1.82) is 0 Å². The number of benzene rings is 2. The SMILES string of the molecule is CCOCCCNC(=NCc1ccc(OC)cc1)NCC(O)c1ccc(OC(C)C)cc1.I. The molecule has 0 fully saturated rings. The van der Waals surface area contributed by atoms with Gasteiger partial charge in [0.25, 0.3) is 0 Å². The first-order valence-electron chi connectivity index (χ1n) is 11.2. The molecule has 8 heteroatoms. The van der Waals surface area contributed by atoms with Gasteiger partial charge in [-0.1, -0.05) is 24.3 Å². The summed E-state index contributed by atoms with van der Waals surface area (Å²) in [7, 11) is 1.65. The van der Waals surface area contributed by atoms with Gasteiger partial charge in [0.2, 0.25) is 0 Å². The van der Waals surface area contributed by atoms with Crippen LogP contribution in [0.1, 0.15) is 44.4 Å². The summed E-state index contributed by atoms with van der Waals surface area (Å²) in [6.07, 6.45) is 0.321. The quantitative estimate of drug-likeness (QED) is 0.144. The van der Waals surface area contributed by atoms with Crippen LogP contribution in [0.25, 0.3) is 0 Å². The molecule has 0 heterocycles. The van der Waals surface area contributed by atoms with Crippen LogP contribution in [-0.2, 0) is 11.3 Å². The molecule has 0 spiro atoms. The minimum atomic E-state index is -0.667. The van der Waals surface area contributed by atoms with Crippen LogP contribution >= 0.6 is 24.0 Å². The Morgan fingerprint density at radius 2 is 1.67 bits per heavy atom. The van der Waals surface area contributed by atoms with Gasteiger partial charge < -0.3 is 30.0 Å². The Bertz CT molecular complexity index is 798. The van der Waals surface area contributed by atoms with Crippen molar-refractivity contribution in [3.8, 4) is 11.5 Å². The predicted octanol–water partition coefficient (Wildman–Crippen LogP) is 4.30. The Hall–Kier alpha value is -2.04. The number of ether oxygens (including phenoxy) is 3. The lowest BCUT2D eigenvalue weighted by Gasteiger charge is -2.17. The second kappa shape index (κ2) is 16.6. The number of aliphatic imine (C=N–C) groups is 1. The van der Waals surface area contributed by atoms with Crippen LogP contribution in [0, 0.1) is 0 Å². The summed E-state index contributed by atoms with van der Waals surface area (Å²) in [5, 5.41) is 17.2. The molecule has 0 aromatic heterocycles. The topological polar surface area (TPSA) is 84.3 Å². The van der Waals surface area contributed by atoms with E-state index < -0.39 is 6.10 Å². The first-order valence-corrected chi connectivity index (χ1v) is 11.2. The molecule has 3 N–H and O–H groups in total. The molecule has 0 saturated heterocycles. The van der Waals surface area contributed by atoms with E-state index in [-0.39, 0.29) is 30.1 Å². The molecule has 0 amide bonds. The van der Waals surface area contributed by atoms with Gasteiger partial charge in [0.1, 0.15) is 11.5 Å². The Labute approximate surface area is 215 Å². The standard InChI is InChI=1S/C25H37N3O4.HI/c1-5-31-16-6-15-26-25(27-17-20-7-11-22(30-4)12-8-20)28-18-24(29)21-9-13-23(14-10-21)32-19(2)3;/h7-14,19,24,29H,5-6,15-18H2,1-4H3,(H2,26,27,28);1H. The summed E-state index contributed by atoms with van der Waals surface area (Å²) < 4.78 is 16.3. The average Bonchev–Trinajstić information content (AvgIpc) is 2.80. The number of aliphatic hydroxyl groups excluding tert-OH is 1. The number of hydrogen-bond donors (Lipinski definition) is 3. The highest BCUT2D eigenvalue weighted by atomic mass is 127. The molecule has 7 nitrogen and oxygen atoms in total. The van der Waals surface area contributed by atoms with Gasteiger partial charge in [-0.15, -0.1) is 24.0 Å². The molecular formula is C25H38IN3O4. The fourth-order valence-electron chi connectivity index (χ4n) is 2.95. The normalized spacial score (nSPS) is 12.1. The van der Waals surface area contributed by atoms with Crippen LogP contribution in [0.3, 0.4) is 0 Å². The Morgan fingerprint density at radius 3 is 2.27 bits per heavy atom. The van der Waals surface area contributed by atoms with Gasteiger partial charge in [0.15, 0.2) is 5.96 Å². The van der Waals surface area contributed by atoms with Crippen LogP contribution < -0.4 is 20.1 Å². The van der Waals surface area contributed by atoms with Crippen molar-refractivity contribution in [1.82, 2.24) is 10.6 Å². The van der Waals surface area contributed by atoms with E-state index in [9.17, 15) is 5.11 Å². The molecule has 0 saturated carbocycles. The minimum Gasteiger partial charge on any atom is -0.497 e. The number of nitrogens with zero attached hydrogens (tertiary/aromatic N) is 1. The second-order valence-corrected chi connectivity index (χ2v) is 7.62. The lowest BCUT2D eigenvalue weighted by Crippen LogP contribution is -2.40. The lowest BCUT2D eigenvalue weighted by atomic mass is 10.1. The van der Waals surface area contributed by atoms with E-state index in [0.29, 0.717) is 32.3 Å². The molecule has 33 heavy (non-hydrogen) atoms. The molecule has 2 aromatic carbocycles. The maximum absolute atomic E-state index is 10.6.